The standard InChI is InChI=1S/C13H16F3N3O/c14-13(15,16)10-3-1-7-17-12(10)18-8-2-4-11(20)19-9-5-6-9/h1,3,7,9H,2,4-6,8H2,(H,17,18)(H,19,20). The van der Waals surface area contributed by atoms with E-state index >= 15 is 0 Å². The largest absolute Gasteiger partial charge is 0.419 e. The number of carbonyl (C=O) groups excluding carboxylic acids is 1. The average molecular weight is 287 g/mol. The van der Waals surface area contributed by atoms with Crippen LogP contribution < -0.4 is 10.6 Å². The molecule has 1 aliphatic rings. The number of nitrogens with one attached hydrogen (secondary N) is 2. The van der Waals surface area contributed by atoms with Crippen molar-refractivity contribution in [2.75, 3.05) is 11.9 Å². The molecule has 20 heavy (non-hydrogen) atoms. The Labute approximate surface area is 114 Å². The van der Waals surface area contributed by atoms with Gasteiger partial charge < -0.3 is 10.6 Å². The number of nitrogens with zero attached hydrogens (tertiary/aromatic N) is 1. The predicted molar refractivity (Wildman–Crippen MR) is 68.1 cm³/mol. The molecule has 0 aromatic carbocycles. The number of pyridine rings is 1. The van der Waals surface area contributed by atoms with Gasteiger partial charge in [-0.3, -0.25) is 4.79 Å². The summed E-state index contributed by atoms with van der Waals surface area (Å²) in [7, 11) is 0. The van der Waals surface area contributed by atoms with E-state index in [1.807, 2.05) is 0 Å². The Balaban J connectivity index is 1.77. The third kappa shape index (κ3) is 4.40. The van der Waals surface area contributed by atoms with Gasteiger partial charge in [0, 0.05) is 25.2 Å². The van der Waals surface area contributed by atoms with Crippen molar-refractivity contribution in [1.82, 2.24) is 10.3 Å². The molecule has 1 fully saturated rings. The summed E-state index contributed by atoms with van der Waals surface area (Å²) in [4.78, 5) is 15.1. The molecule has 0 atom stereocenters. The van der Waals surface area contributed by atoms with Gasteiger partial charge in [-0.2, -0.15) is 13.2 Å². The normalized spacial score (nSPS) is 14.9. The van der Waals surface area contributed by atoms with E-state index in [1.54, 1.807) is 0 Å². The van der Waals surface area contributed by atoms with Crippen molar-refractivity contribution >= 4 is 11.7 Å². The van der Waals surface area contributed by atoms with E-state index in [9.17, 15) is 18.0 Å². The summed E-state index contributed by atoms with van der Waals surface area (Å²) >= 11 is 0. The summed E-state index contributed by atoms with van der Waals surface area (Å²) in [6.45, 7) is 0.276. The van der Waals surface area contributed by atoms with Crippen LogP contribution in [-0.2, 0) is 11.0 Å². The molecule has 2 N–H and O–H groups in total. The zero-order valence-corrected chi connectivity index (χ0v) is 10.8. The number of rotatable bonds is 6. The van der Waals surface area contributed by atoms with Crippen molar-refractivity contribution in [3.63, 3.8) is 0 Å². The Morgan fingerprint density at radius 1 is 1.40 bits per heavy atom. The van der Waals surface area contributed by atoms with Crippen molar-refractivity contribution < 1.29 is 18.0 Å². The van der Waals surface area contributed by atoms with Gasteiger partial charge in [0.2, 0.25) is 5.91 Å². The van der Waals surface area contributed by atoms with Crippen LogP contribution in [-0.4, -0.2) is 23.5 Å². The fourth-order valence-corrected chi connectivity index (χ4v) is 1.76. The number of aromatic nitrogens is 1. The van der Waals surface area contributed by atoms with Crippen LogP contribution in [0.1, 0.15) is 31.2 Å². The van der Waals surface area contributed by atoms with Gasteiger partial charge in [-0.25, -0.2) is 4.98 Å². The summed E-state index contributed by atoms with van der Waals surface area (Å²) in [5, 5.41) is 5.46. The zero-order chi connectivity index (χ0) is 14.6. The molecule has 110 valence electrons. The first-order valence-electron chi connectivity index (χ1n) is 6.52. The van der Waals surface area contributed by atoms with E-state index in [0.29, 0.717) is 18.9 Å². The number of amides is 1. The lowest BCUT2D eigenvalue weighted by molar-refractivity contribution is -0.137. The molecular weight excluding hydrogens is 271 g/mol. The number of alkyl halides is 3. The second-order valence-corrected chi connectivity index (χ2v) is 4.77. The molecule has 0 radical (unpaired) electrons. The molecule has 4 nitrogen and oxygen atoms in total. The highest BCUT2D eigenvalue weighted by molar-refractivity contribution is 5.76. The van der Waals surface area contributed by atoms with E-state index in [2.05, 4.69) is 15.6 Å². The number of halogens is 3. The highest BCUT2D eigenvalue weighted by Gasteiger charge is 2.33. The van der Waals surface area contributed by atoms with Crippen LogP contribution in [0.25, 0.3) is 0 Å². The van der Waals surface area contributed by atoms with Gasteiger partial charge in [-0.05, 0) is 31.4 Å². The SMILES string of the molecule is O=C(CCCNc1ncccc1C(F)(F)F)NC1CC1. The average Bonchev–Trinajstić information content (AvgIpc) is 3.18. The topological polar surface area (TPSA) is 54.0 Å². The molecule has 1 aliphatic carbocycles. The Morgan fingerprint density at radius 3 is 2.80 bits per heavy atom. The lowest BCUT2D eigenvalue weighted by atomic mass is 10.2. The van der Waals surface area contributed by atoms with Gasteiger partial charge in [0.05, 0.1) is 5.56 Å². The van der Waals surface area contributed by atoms with E-state index < -0.39 is 11.7 Å². The molecule has 0 bridgehead atoms. The highest BCUT2D eigenvalue weighted by atomic mass is 19.4. The third-order valence-corrected chi connectivity index (χ3v) is 2.93. The molecule has 1 amide bonds. The van der Waals surface area contributed by atoms with Crippen LogP contribution in [0.15, 0.2) is 18.3 Å². The first kappa shape index (κ1) is 14.6. The molecule has 1 aromatic rings. The second-order valence-electron chi connectivity index (χ2n) is 4.77. The lowest BCUT2D eigenvalue weighted by Crippen LogP contribution is -2.25. The Kier molecular flexibility index (Phi) is 4.46. The van der Waals surface area contributed by atoms with Gasteiger partial charge >= 0.3 is 6.18 Å². The van der Waals surface area contributed by atoms with Crippen LogP contribution in [0.3, 0.4) is 0 Å². The van der Waals surface area contributed by atoms with Crippen molar-refractivity contribution in [3.05, 3.63) is 23.9 Å². The first-order chi connectivity index (χ1) is 9.47. The summed E-state index contributed by atoms with van der Waals surface area (Å²) in [6.07, 6.45) is -0.318. The molecular formula is C13H16F3N3O. The van der Waals surface area contributed by atoms with Crippen LogP contribution in [0.5, 0.6) is 0 Å². The molecule has 0 spiro atoms. The predicted octanol–water partition coefficient (Wildman–Crippen LogP) is 2.57. The Bertz CT molecular complexity index is 472. The fourth-order valence-electron chi connectivity index (χ4n) is 1.76. The molecule has 2 rings (SSSR count). The number of anilines is 1. The van der Waals surface area contributed by atoms with Gasteiger partial charge in [0.15, 0.2) is 0 Å². The Morgan fingerprint density at radius 2 is 2.15 bits per heavy atom. The number of hydrogen-bond donors (Lipinski definition) is 2. The fraction of sp³-hybridized carbons (Fsp3) is 0.538. The molecule has 7 heteroatoms. The van der Waals surface area contributed by atoms with Crippen molar-refractivity contribution in [1.29, 1.82) is 0 Å². The summed E-state index contributed by atoms with van der Waals surface area (Å²) in [5.74, 6) is -0.242. The molecule has 0 saturated heterocycles. The van der Waals surface area contributed by atoms with E-state index in [1.165, 1.54) is 12.3 Å². The maximum Gasteiger partial charge on any atom is 0.419 e. The monoisotopic (exact) mass is 287 g/mol. The first-order valence-corrected chi connectivity index (χ1v) is 6.52. The smallest absolute Gasteiger partial charge is 0.370 e. The highest BCUT2D eigenvalue weighted by Crippen LogP contribution is 2.33. The van der Waals surface area contributed by atoms with Crippen LogP contribution >= 0.6 is 0 Å². The van der Waals surface area contributed by atoms with Gasteiger partial charge in [-0.15, -0.1) is 0 Å². The van der Waals surface area contributed by atoms with E-state index in [-0.39, 0.29) is 18.3 Å². The number of hydrogen-bond acceptors (Lipinski definition) is 3. The van der Waals surface area contributed by atoms with Gasteiger partial charge in [0.25, 0.3) is 0 Å². The van der Waals surface area contributed by atoms with E-state index in [0.717, 1.165) is 18.9 Å². The molecule has 1 heterocycles. The molecule has 0 unspecified atom stereocenters. The molecule has 1 aromatic heterocycles. The summed E-state index contributed by atoms with van der Waals surface area (Å²) in [5.41, 5.74) is -0.789. The van der Waals surface area contributed by atoms with Crippen molar-refractivity contribution in [2.45, 2.75) is 37.9 Å². The minimum atomic E-state index is -4.43. The summed E-state index contributed by atoms with van der Waals surface area (Å²) in [6, 6.07) is 2.54. The zero-order valence-electron chi connectivity index (χ0n) is 10.8. The van der Waals surface area contributed by atoms with E-state index in [4.69, 9.17) is 0 Å². The molecule has 0 aliphatic heterocycles. The van der Waals surface area contributed by atoms with Crippen molar-refractivity contribution in [3.8, 4) is 0 Å². The summed E-state index contributed by atoms with van der Waals surface area (Å²) < 4.78 is 38.1. The minimum absolute atomic E-state index is 0.0497. The number of carbonyl (C=O) groups is 1. The van der Waals surface area contributed by atoms with Crippen molar-refractivity contribution in [2.24, 2.45) is 0 Å². The molecule has 1 saturated carbocycles. The minimum Gasteiger partial charge on any atom is -0.370 e. The maximum atomic E-state index is 12.7. The third-order valence-electron chi connectivity index (χ3n) is 2.93. The maximum absolute atomic E-state index is 12.7. The van der Waals surface area contributed by atoms with Crippen LogP contribution in [0.4, 0.5) is 19.0 Å². The van der Waals surface area contributed by atoms with Crippen LogP contribution in [0.2, 0.25) is 0 Å². The Hall–Kier alpha value is -1.79. The second kappa shape index (κ2) is 6.11. The lowest BCUT2D eigenvalue weighted by Gasteiger charge is -2.13. The quantitative estimate of drug-likeness (QED) is 0.791. The van der Waals surface area contributed by atoms with Crippen LogP contribution in [0, 0.1) is 0 Å². The van der Waals surface area contributed by atoms with Gasteiger partial charge in [-0.1, -0.05) is 0 Å². The van der Waals surface area contributed by atoms with Gasteiger partial charge in [0.1, 0.15) is 5.82 Å².